The molecule has 1 saturated carbocycles. The van der Waals surface area contributed by atoms with Crippen LogP contribution in [0, 0.1) is 17.8 Å². The van der Waals surface area contributed by atoms with Crippen molar-refractivity contribution in [1.29, 1.82) is 0 Å². The fourth-order valence-electron chi connectivity index (χ4n) is 3.41. The SMILES string of the molecule is CC(C)CCN(C)CC1NCC2CCCC21. The molecule has 0 spiro atoms. The summed E-state index contributed by atoms with van der Waals surface area (Å²) in [5.74, 6) is 2.82. The summed E-state index contributed by atoms with van der Waals surface area (Å²) < 4.78 is 0. The number of rotatable bonds is 5. The first-order chi connectivity index (χ1) is 7.66. The molecule has 0 amide bonds. The first-order valence-electron chi connectivity index (χ1n) is 7.08. The van der Waals surface area contributed by atoms with Crippen LogP contribution in [0.1, 0.15) is 39.5 Å². The van der Waals surface area contributed by atoms with Gasteiger partial charge in [0.15, 0.2) is 0 Å². The second kappa shape index (κ2) is 5.50. The zero-order valence-corrected chi connectivity index (χ0v) is 11.2. The van der Waals surface area contributed by atoms with E-state index in [1.807, 2.05) is 0 Å². The molecule has 0 radical (unpaired) electrons. The van der Waals surface area contributed by atoms with E-state index in [1.165, 1.54) is 45.3 Å². The van der Waals surface area contributed by atoms with Crippen LogP contribution in [0.2, 0.25) is 0 Å². The molecule has 1 saturated heterocycles. The topological polar surface area (TPSA) is 15.3 Å². The molecule has 1 aliphatic carbocycles. The third kappa shape index (κ3) is 2.98. The molecule has 2 nitrogen and oxygen atoms in total. The van der Waals surface area contributed by atoms with Crippen molar-refractivity contribution in [2.24, 2.45) is 17.8 Å². The first kappa shape index (κ1) is 12.4. The van der Waals surface area contributed by atoms with Crippen LogP contribution >= 0.6 is 0 Å². The van der Waals surface area contributed by atoms with E-state index < -0.39 is 0 Å². The number of nitrogens with one attached hydrogen (secondary N) is 1. The highest BCUT2D eigenvalue weighted by Gasteiger charge is 2.38. The molecule has 0 aromatic rings. The van der Waals surface area contributed by atoms with Gasteiger partial charge >= 0.3 is 0 Å². The van der Waals surface area contributed by atoms with E-state index >= 15 is 0 Å². The highest BCUT2D eigenvalue weighted by Crippen LogP contribution is 2.37. The largest absolute Gasteiger partial charge is 0.312 e. The fraction of sp³-hybridized carbons (Fsp3) is 1.00. The Labute approximate surface area is 101 Å². The summed E-state index contributed by atoms with van der Waals surface area (Å²) in [4.78, 5) is 2.53. The van der Waals surface area contributed by atoms with Gasteiger partial charge in [-0.1, -0.05) is 20.3 Å². The van der Waals surface area contributed by atoms with Crippen LogP contribution in [-0.4, -0.2) is 37.6 Å². The normalized spacial score (nSPS) is 33.9. The Kier molecular flexibility index (Phi) is 4.26. The van der Waals surface area contributed by atoms with Crippen LogP contribution in [0.3, 0.4) is 0 Å². The van der Waals surface area contributed by atoms with Crippen LogP contribution in [0.25, 0.3) is 0 Å². The molecule has 3 atom stereocenters. The second-order valence-electron chi connectivity index (χ2n) is 6.31. The first-order valence-corrected chi connectivity index (χ1v) is 7.08. The lowest BCUT2D eigenvalue weighted by atomic mass is 9.94. The summed E-state index contributed by atoms with van der Waals surface area (Å²) >= 11 is 0. The monoisotopic (exact) mass is 224 g/mol. The number of likely N-dealkylation sites (N-methyl/N-ethyl adjacent to an activating group) is 1. The summed E-state index contributed by atoms with van der Waals surface area (Å²) in [6, 6.07) is 0.782. The fourth-order valence-corrected chi connectivity index (χ4v) is 3.41. The van der Waals surface area contributed by atoms with E-state index in [0.717, 1.165) is 23.8 Å². The molecule has 94 valence electrons. The van der Waals surface area contributed by atoms with E-state index in [2.05, 4.69) is 31.1 Å². The molecule has 3 unspecified atom stereocenters. The highest BCUT2D eigenvalue weighted by molar-refractivity contribution is 4.95. The van der Waals surface area contributed by atoms with E-state index in [1.54, 1.807) is 0 Å². The Morgan fingerprint density at radius 1 is 1.31 bits per heavy atom. The third-order valence-electron chi connectivity index (χ3n) is 4.47. The summed E-state index contributed by atoms with van der Waals surface area (Å²) in [7, 11) is 2.28. The van der Waals surface area contributed by atoms with Gasteiger partial charge in [0.25, 0.3) is 0 Å². The second-order valence-corrected chi connectivity index (χ2v) is 6.31. The standard InChI is InChI=1S/C14H28N2/c1-11(2)7-8-16(3)10-14-13-6-4-5-12(13)9-15-14/h11-15H,4-10H2,1-3H3. The van der Waals surface area contributed by atoms with Gasteiger partial charge in [0.05, 0.1) is 0 Å². The Morgan fingerprint density at radius 3 is 2.88 bits per heavy atom. The average molecular weight is 224 g/mol. The number of nitrogens with zero attached hydrogens (tertiary/aromatic N) is 1. The predicted molar refractivity (Wildman–Crippen MR) is 69.6 cm³/mol. The Morgan fingerprint density at radius 2 is 2.12 bits per heavy atom. The van der Waals surface area contributed by atoms with Crippen LogP contribution in [0.15, 0.2) is 0 Å². The van der Waals surface area contributed by atoms with Gasteiger partial charge in [0.2, 0.25) is 0 Å². The highest BCUT2D eigenvalue weighted by atomic mass is 15.1. The quantitative estimate of drug-likeness (QED) is 0.771. The summed E-state index contributed by atoms with van der Waals surface area (Å²) in [5, 5.41) is 3.74. The van der Waals surface area contributed by atoms with Crippen molar-refractivity contribution >= 4 is 0 Å². The van der Waals surface area contributed by atoms with Crippen molar-refractivity contribution in [2.45, 2.75) is 45.6 Å². The van der Waals surface area contributed by atoms with Gasteiger partial charge in [-0.3, -0.25) is 0 Å². The average Bonchev–Trinajstić information content (AvgIpc) is 2.80. The Balaban J connectivity index is 1.72. The smallest absolute Gasteiger partial charge is 0.0226 e. The Hall–Kier alpha value is -0.0800. The number of hydrogen-bond acceptors (Lipinski definition) is 2. The maximum atomic E-state index is 3.74. The van der Waals surface area contributed by atoms with Gasteiger partial charge in [0.1, 0.15) is 0 Å². The zero-order chi connectivity index (χ0) is 11.5. The lowest BCUT2D eigenvalue weighted by Crippen LogP contribution is -2.39. The van der Waals surface area contributed by atoms with Crippen LogP contribution in [0.5, 0.6) is 0 Å². The summed E-state index contributed by atoms with van der Waals surface area (Å²) in [6.45, 7) is 8.43. The lowest BCUT2D eigenvalue weighted by Gasteiger charge is -2.25. The molecule has 16 heavy (non-hydrogen) atoms. The molecule has 2 heteroatoms. The van der Waals surface area contributed by atoms with Crippen molar-refractivity contribution in [1.82, 2.24) is 10.2 Å². The van der Waals surface area contributed by atoms with Gasteiger partial charge in [-0.25, -0.2) is 0 Å². The van der Waals surface area contributed by atoms with Crippen molar-refractivity contribution in [3.05, 3.63) is 0 Å². The molecule has 2 rings (SSSR count). The van der Waals surface area contributed by atoms with Crippen molar-refractivity contribution < 1.29 is 0 Å². The van der Waals surface area contributed by atoms with Gasteiger partial charge in [-0.15, -0.1) is 0 Å². The van der Waals surface area contributed by atoms with E-state index in [4.69, 9.17) is 0 Å². The molecular formula is C14H28N2. The van der Waals surface area contributed by atoms with Crippen LogP contribution in [-0.2, 0) is 0 Å². The summed E-state index contributed by atoms with van der Waals surface area (Å²) in [6.07, 6.45) is 5.75. The van der Waals surface area contributed by atoms with E-state index in [0.29, 0.717) is 0 Å². The zero-order valence-electron chi connectivity index (χ0n) is 11.2. The van der Waals surface area contributed by atoms with Crippen molar-refractivity contribution in [3.63, 3.8) is 0 Å². The van der Waals surface area contributed by atoms with Gasteiger partial charge < -0.3 is 10.2 Å². The molecule has 1 aliphatic heterocycles. The Bertz CT molecular complexity index is 215. The minimum Gasteiger partial charge on any atom is -0.312 e. The van der Waals surface area contributed by atoms with Gasteiger partial charge in [-0.05, 0) is 57.2 Å². The molecule has 0 bridgehead atoms. The van der Waals surface area contributed by atoms with Crippen LogP contribution < -0.4 is 5.32 Å². The number of fused-ring (bicyclic) bond motifs is 1. The molecule has 0 aromatic heterocycles. The molecular weight excluding hydrogens is 196 g/mol. The molecule has 2 fully saturated rings. The van der Waals surface area contributed by atoms with Gasteiger partial charge in [0, 0.05) is 12.6 Å². The maximum Gasteiger partial charge on any atom is 0.0226 e. The maximum absolute atomic E-state index is 3.74. The van der Waals surface area contributed by atoms with Crippen molar-refractivity contribution in [2.75, 3.05) is 26.7 Å². The molecule has 1 N–H and O–H groups in total. The minimum absolute atomic E-state index is 0.782. The molecule has 0 aromatic carbocycles. The van der Waals surface area contributed by atoms with Crippen LogP contribution in [0.4, 0.5) is 0 Å². The summed E-state index contributed by atoms with van der Waals surface area (Å²) in [5.41, 5.74) is 0. The van der Waals surface area contributed by atoms with Crippen molar-refractivity contribution in [3.8, 4) is 0 Å². The number of hydrogen-bond donors (Lipinski definition) is 1. The van der Waals surface area contributed by atoms with Gasteiger partial charge in [-0.2, -0.15) is 0 Å². The van der Waals surface area contributed by atoms with E-state index in [-0.39, 0.29) is 0 Å². The minimum atomic E-state index is 0.782. The molecule has 2 aliphatic rings. The third-order valence-corrected chi connectivity index (χ3v) is 4.47. The molecule has 1 heterocycles. The predicted octanol–water partition coefficient (Wildman–Crippen LogP) is 2.35. The lowest BCUT2D eigenvalue weighted by molar-refractivity contribution is 0.254. The van der Waals surface area contributed by atoms with E-state index in [9.17, 15) is 0 Å².